The fourth-order valence-electron chi connectivity index (χ4n) is 4.25. The number of furan rings is 1. The van der Waals surface area contributed by atoms with E-state index in [1.165, 1.54) is 6.07 Å². The first-order valence-electron chi connectivity index (χ1n) is 10.9. The van der Waals surface area contributed by atoms with E-state index < -0.39 is 59.5 Å². The van der Waals surface area contributed by atoms with Gasteiger partial charge in [-0.3, -0.25) is 28.3 Å². The average molecular weight is 469 g/mol. The number of Topliss-reactive ketones (excluding diaryl/α,β-unsaturated/α-hetero) is 1. The Morgan fingerprint density at radius 1 is 1.09 bits per heavy atom. The zero-order valence-corrected chi connectivity index (χ0v) is 18.2. The molecule has 34 heavy (non-hydrogen) atoms. The van der Waals surface area contributed by atoms with Crippen molar-refractivity contribution in [2.75, 3.05) is 6.54 Å². The number of carbonyl (C=O) groups excluding carboxylic acids is 2. The Morgan fingerprint density at radius 3 is 2.47 bits per heavy atom. The molecule has 11 nitrogen and oxygen atoms in total. The van der Waals surface area contributed by atoms with Crippen LogP contribution in [0.5, 0.6) is 5.88 Å². The molecule has 0 radical (unpaired) electrons. The van der Waals surface area contributed by atoms with Crippen LogP contribution in [0.2, 0.25) is 0 Å². The summed E-state index contributed by atoms with van der Waals surface area (Å²) in [6.07, 6.45) is 3.53. The number of carboxylic acid groups (broad SMARTS) is 1. The van der Waals surface area contributed by atoms with Gasteiger partial charge in [0.2, 0.25) is 11.7 Å². The normalized spacial score (nSPS) is 14.2. The fourth-order valence-corrected chi connectivity index (χ4v) is 4.25. The van der Waals surface area contributed by atoms with Crippen LogP contribution in [0.4, 0.5) is 0 Å². The molecule has 0 atom stereocenters. The number of rotatable bonds is 7. The van der Waals surface area contributed by atoms with Crippen molar-refractivity contribution >= 4 is 28.6 Å². The van der Waals surface area contributed by atoms with Crippen LogP contribution in [-0.4, -0.2) is 43.6 Å². The summed E-state index contributed by atoms with van der Waals surface area (Å²) in [7, 11) is 0. The largest absolute Gasteiger partial charge is 0.494 e. The predicted molar refractivity (Wildman–Crippen MR) is 119 cm³/mol. The molecule has 1 saturated carbocycles. The van der Waals surface area contributed by atoms with Crippen molar-refractivity contribution in [3.05, 3.63) is 62.5 Å². The van der Waals surface area contributed by atoms with Crippen LogP contribution in [0.3, 0.4) is 0 Å². The quantitative estimate of drug-likeness (QED) is 0.440. The smallest absolute Gasteiger partial charge is 0.334 e. The fraction of sp³-hybridized carbons (Fsp3) is 0.348. The lowest BCUT2D eigenvalue weighted by atomic mass is 9.95. The number of hydrogen-bond donors (Lipinski definition) is 3. The predicted octanol–water partition coefficient (Wildman–Crippen LogP) is 1.66. The van der Waals surface area contributed by atoms with E-state index in [1.54, 1.807) is 24.3 Å². The Morgan fingerprint density at radius 2 is 1.79 bits per heavy atom. The molecule has 1 aromatic carbocycles. The molecule has 1 aliphatic carbocycles. The van der Waals surface area contributed by atoms with Gasteiger partial charge in [0, 0.05) is 11.4 Å². The molecule has 1 fully saturated rings. The van der Waals surface area contributed by atoms with E-state index in [1.807, 2.05) is 5.32 Å². The van der Waals surface area contributed by atoms with E-state index in [9.17, 15) is 29.1 Å². The Hall–Kier alpha value is -4.15. The molecule has 0 spiro atoms. The van der Waals surface area contributed by atoms with Gasteiger partial charge < -0.3 is 19.9 Å². The number of carboxylic acids is 1. The molecular weight excluding hydrogens is 446 g/mol. The van der Waals surface area contributed by atoms with Gasteiger partial charge in [0.05, 0.1) is 6.54 Å². The Labute approximate surface area is 192 Å². The molecule has 1 amide bonds. The van der Waals surface area contributed by atoms with E-state index in [2.05, 4.69) is 0 Å². The molecular formula is C23H23N3O8. The second-order valence-corrected chi connectivity index (χ2v) is 8.18. The number of para-hydroxylation sites is 1. The van der Waals surface area contributed by atoms with Gasteiger partial charge in [0.15, 0.2) is 11.3 Å². The Balaban J connectivity index is 1.79. The van der Waals surface area contributed by atoms with Gasteiger partial charge >= 0.3 is 11.7 Å². The van der Waals surface area contributed by atoms with Gasteiger partial charge in [-0.05, 0) is 25.0 Å². The minimum atomic E-state index is -1.35. The highest BCUT2D eigenvalue weighted by atomic mass is 16.4. The molecule has 0 aliphatic heterocycles. The van der Waals surface area contributed by atoms with Gasteiger partial charge in [0.25, 0.3) is 11.5 Å². The molecule has 178 valence electrons. The average Bonchev–Trinajstić information content (AvgIpc) is 3.25. The van der Waals surface area contributed by atoms with Crippen LogP contribution < -0.4 is 16.6 Å². The molecule has 0 bridgehead atoms. The Bertz CT molecular complexity index is 1360. The van der Waals surface area contributed by atoms with E-state index in [0.717, 1.165) is 23.8 Å². The van der Waals surface area contributed by atoms with E-state index in [4.69, 9.17) is 9.52 Å². The number of fused-ring (bicyclic) bond motifs is 1. The SMILES string of the molecule is O=C(O)CNC(=O)c1c(O)n(CC(=O)c2cc3ccccc3o2)c(=O)n(C2CCCCC2)c1=O. The molecule has 2 heterocycles. The van der Waals surface area contributed by atoms with Crippen LogP contribution in [0, 0.1) is 0 Å². The molecule has 4 rings (SSSR count). The second kappa shape index (κ2) is 9.38. The standard InChI is InChI=1S/C23H23N3O8/c27-15(17-10-13-6-4-5-9-16(13)34-17)12-25-21(31)19(20(30)24-11-18(28)29)22(32)26(23(25)33)14-7-2-1-3-8-14/h4-6,9-10,14,31H,1-3,7-8,11-12H2,(H,24,30)(H,28,29). The van der Waals surface area contributed by atoms with Crippen LogP contribution in [0.15, 0.2) is 44.3 Å². The zero-order chi connectivity index (χ0) is 24.4. The van der Waals surface area contributed by atoms with Crippen molar-refractivity contribution in [1.82, 2.24) is 14.5 Å². The number of ketones is 1. The topological polar surface area (TPSA) is 161 Å². The van der Waals surface area contributed by atoms with E-state index in [0.29, 0.717) is 28.4 Å². The zero-order valence-electron chi connectivity index (χ0n) is 18.2. The van der Waals surface area contributed by atoms with Gasteiger partial charge in [-0.25, -0.2) is 4.79 Å². The lowest BCUT2D eigenvalue weighted by Crippen LogP contribution is -2.47. The lowest BCUT2D eigenvalue weighted by Gasteiger charge is -2.25. The monoisotopic (exact) mass is 469 g/mol. The molecule has 11 heteroatoms. The number of nitrogens with one attached hydrogen (secondary N) is 1. The third-order valence-electron chi connectivity index (χ3n) is 5.92. The highest BCUT2D eigenvalue weighted by Crippen LogP contribution is 2.27. The molecule has 3 N–H and O–H groups in total. The summed E-state index contributed by atoms with van der Waals surface area (Å²) in [4.78, 5) is 62.7. The summed E-state index contributed by atoms with van der Waals surface area (Å²) in [5.41, 5.74) is -2.27. The van der Waals surface area contributed by atoms with Gasteiger partial charge in [-0.15, -0.1) is 0 Å². The Kier molecular flexibility index (Phi) is 6.35. The number of aromatic hydroxyl groups is 1. The molecule has 2 aromatic heterocycles. The lowest BCUT2D eigenvalue weighted by molar-refractivity contribution is -0.135. The molecule has 1 aliphatic rings. The van der Waals surface area contributed by atoms with Crippen LogP contribution >= 0.6 is 0 Å². The second-order valence-electron chi connectivity index (χ2n) is 8.18. The summed E-state index contributed by atoms with van der Waals surface area (Å²) < 4.78 is 7.08. The number of amides is 1. The van der Waals surface area contributed by atoms with E-state index in [-0.39, 0.29) is 5.76 Å². The van der Waals surface area contributed by atoms with Crippen molar-refractivity contribution in [2.24, 2.45) is 0 Å². The summed E-state index contributed by atoms with van der Waals surface area (Å²) in [6.45, 7) is -1.48. The minimum absolute atomic E-state index is 0.0557. The van der Waals surface area contributed by atoms with Crippen molar-refractivity contribution in [3.8, 4) is 5.88 Å². The molecule has 0 saturated heterocycles. The third-order valence-corrected chi connectivity index (χ3v) is 5.92. The maximum atomic E-state index is 13.2. The van der Waals surface area contributed by atoms with Crippen molar-refractivity contribution in [2.45, 2.75) is 44.7 Å². The van der Waals surface area contributed by atoms with Gasteiger partial charge in [0.1, 0.15) is 12.1 Å². The number of aliphatic carboxylic acids is 1. The first-order valence-corrected chi connectivity index (χ1v) is 10.9. The number of nitrogens with zero attached hydrogens (tertiary/aromatic N) is 2. The maximum Gasteiger partial charge on any atom is 0.334 e. The maximum absolute atomic E-state index is 13.2. The highest BCUT2D eigenvalue weighted by molar-refractivity contribution is 5.99. The number of benzene rings is 1. The third kappa shape index (κ3) is 4.36. The van der Waals surface area contributed by atoms with Crippen molar-refractivity contribution in [1.29, 1.82) is 0 Å². The summed E-state index contributed by atoms with van der Waals surface area (Å²) in [5.74, 6) is -4.22. The number of carbonyl (C=O) groups is 3. The van der Waals surface area contributed by atoms with Crippen LogP contribution in [0.1, 0.15) is 59.1 Å². The number of hydrogen-bond acceptors (Lipinski definition) is 7. The van der Waals surface area contributed by atoms with Crippen molar-refractivity contribution in [3.63, 3.8) is 0 Å². The van der Waals surface area contributed by atoms with Crippen molar-refractivity contribution < 1.29 is 29.0 Å². The first-order chi connectivity index (χ1) is 16.3. The van der Waals surface area contributed by atoms with Crippen LogP contribution in [0.25, 0.3) is 11.0 Å². The van der Waals surface area contributed by atoms with Gasteiger partial charge in [-0.2, -0.15) is 0 Å². The summed E-state index contributed by atoms with van der Waals surface area (Å²) in [5, 5.41) is 22.2. The van der Waals surface area contributed by atoms with E-state index >= 15 is 0 Å². The minimum Gasteiger partial charge on any atom is -0.494 e. The summed E-state index contributed by atoms with van der Waals surface area (Å²) >= 11 is 0. The molecule has 3 aromatic rings. The van der Waals surface area contributed by atoms with Gasteiger partial charge in [-0.1, -0.05) is 37.5 Å². The number of aromatic nitrogens is 2. The summed E-state index contributed by atoms with van der Waals surface area (Å²) in [6, 6.07) is 7.91. The first kappa shape index (κ1) is 23.0. The van der Waals surface area contributed by atoms with Crippen LogP contribution in [-0.2, 0) is 11.3 Å². The molecule has 0 unspecified atom stereocenters. The highest BCUT2D eigenvalue weighted by Gasteiger charge is 2.29.